The first kappa shape index (κ1) is 20.1. The van der Waals surface area contributed by atoms with Gasteiger partial charge in [0.1, 0.15) is 22.0 Å². The summed E-state index contributed by atoms with van der Waals surface area (Å²) in [5, 5.41) is 3.49. The molecule has 0 unspecified atom stereocenters. The van der Waals surface area contributed by atoms with Crippen molar-refractivity contribution in [2.24, 2.45) is 14.1 Å². The quantitative estimate of drug-likeness (QED) is 0.471. The SMILES string of the molecule is COc1ccc(NC(=O)CSc2nc(C3CC3)nc3c2c(=O)n(C)c(=O)n3C)cc1. The number of benzene rings is 1. The molecule has 1 fully saturated rings. The molecule has 1 aromatic carbocycles. The molecule has 1 saturated carbocycles. The van der Waals surface area contributed by atoms with E-state index in [4.69, 9.17) is 4.74 Å². The molecule has 4 rings (SSSR count). The van der Waals surface area contributed by atoms with Gasteiger partial charge in [0.2, 0.25) is 5.91 Å². The zero-order valence-electron chi connectivity index (χ0n) is 16.8. The Bertz CT molecular complexity index is 1250. The highest BCUT2D eigenvalue weighted by Gasteiger charge is 2.29. The molecule has 156 valence electrons. The maximum atomic E-state index is 12.8. The van der Waals surface area contributed by atoms with Crippen LogP contribution in [0.1, 0.15) is 24.6 Å². The fraction of sp³-hybridized carbons (Fsp3) is 0.350. The fourth-order valence-electron chi connectivity index (χ4n) is 3.08. The lowest BCUT2D eigenvalue weighted by molar-refractivity contribution is -0.113. The molecular formula is C20H21N5O4S. The number of thioether (sulfide) groups is 1. The summed E-state index contributed by atoms with van der Waals surface area (Å²) >= 11 is 1.17. The van der Waals surface area contributed by atoms with Crippen LogP contribution in [-0.2, 0) is 18.9 Å². The lowest BCUT2D eigenvalue weighted by atomic mass is 10.3. The van der Waals surface area contributed by atoms with Crippen molar-refractivity contribution < 1.29 is 9.53 Å². The summed E-state index contributed by atoms with van der Waals surface area (Å²) in [6, 6.07) is 7.01. The second-order valence-corrected chi connectivity index (χ2v) is 8.10. The van der Waals surface area contributed by atoms with E-state index < -0.39 is 11.2 Å². The molecule has 0 bridgehead atoms. The van der Waals surface area contributed by atoms with Gasteiger partial charge in [0.25, 0.3) is 5.56 Å². The van der Waals surface area contributed by atoms with Crippen LogP contribution >= 0.6 is 11.8 Å². The number of anilines is 1. The number of methoxy groups -OCH3 is 1. The summed E-state index contributed by atoms with van der Waals surface area (Å²) in [5.74, 6) is 1.38. The molecular weight excluding hydrogens is 406 g/mol. The molecule has 2 aromatic heterocycles. The average molecular weight is 427 g/mol. The Morgan fingerprint density at radius 3 is 2.50 bits per heavy atom. The Morgan fingerprint density at radius 1 is 1.17 bits per heavy atom. The Labute approximate surface area is 176 Å². The van der Waals surface area contributed by atoms with Crippen LogP contribution in [0.2, 0.25) is 0 Å². The average Bonchev–Trinajstić information content (AvgIpc) is 3.60. The van der Waals surface area contributed by atoms with Crippen molar-refractivity contribution in [1.82, 2.24) is 19.1 Å². The van der Waals surface area contributed by atoms with Crippen molar-refractivity contribution >= 4 is 34.4 Å². The van der Waals surface area contributed by atoms with E-state index in [1.54, 1.807) is 38.4 Å². The van der Waals surface area contributed by atoms with Crippen molar-refractivity contribution in [1.29, 1.82) is 0 Å². The van der Waals surface area contributed by atoms with Gasteiger partial charge in [-0.1, -0.05) is 11.8 Å². The maximum absolute atomic E-state index is 12.8. The topological polar surface area (TPSA) is 108 Å². The van der Waals surface area contributed by atoms with Gasteiger partial charge < -0.3 is 10.1 Å². The summed E-state index contributed by atoms with van der Waals surface area (Å²) in [6.45, 7) is 0. The molecule has 2 heterocycles. The highest BCUT2D eigenvalue weighted by Crippen LogP contribution is 2.39. The number of hydrogen-bond acceptors (Lipinski definition) is 7. The van der Waals surface area contributed by atoms with Crippen LogP contribution in [-0.4, -0.2) is 37.9 Å². The minimum Gasteiger partial charge on any atom is -0.497 e. The van der Waals surface area contributed by atoms with Crippen LogP contribution in [0.15, 0.2) is 38.9 Å². The number of nitrogens with zero attached hydrogens (tertiary/aromatic N) is 4. The first-order valence-corrected chi connectivity index (χ1v) is 10.4. The molecule has 0 radical (unpaired) electrons. The summed E-state index contributed by atoms with van der Waals surface area (Å²) < 4.78 is 7.49. The third-order valence-electron chi connectivity index (χ3n) is 4.94. The molecule has 30 heavy (non-hydrogen) atoms. The maximum Gasteiger partial charge on any atom is 0.332 e. The van der Waals surface area contributed by atoms with Gasteiger partial charge >= 0.3 is 5.69 Å². The Kier molecular flexibility index (Phi) is 5.33. The summed E-state index contributed by atoms with van der Waals surface area (Å²) in [5.41, 5.74) is 0.0404. The predicted molar refractivity (Wildman–Crippen MR) is 114 cm³/mol. The number of amides is 1. The van der Waals surface area contributed by atoms with Gasteiger partial charge in [-0.3, -0.25) is 18.7 Å². The molecule has 1 aliphatic carbocycles. The zero-order valence-corrected chi connectivity index (χ0v) is 17.7. The first-order valence-electron chi connectivity index (χ1n) is 9.43. The van der Waals surface area contributed by atoms with Crippen LogP contribution in [0.25, 0.3) is 11.0 Å². The summed E-state index contributed by atoms with van der Waals surface area (Å²) in [4.78, 5) is 46.6. The monoisotopic (exact) mass is 427 g/mol. The normalized spacial score (nSPS) is 13.4. The summed E-state index contributed by atoms with van der Waals surface area (Å²) in [6.07, 6.45) is 1.96. The van der Waals surface area contributed by atoms with Crippen LogP contribution in [0.5, 0.6) is 5.75 Å². The number of rotatable bonds is 6. The third kappa shape index (κ3) is 3.82. The molecule has 1 N–H and O–H groups in total. The van der Waals surface area contributed by atoms with Crippen LogP contribution < -0.4 is 21.3 Å². The van der Waals surface area contributed by atoms with E-state index in [2.05, 4.69) is 15.3 Å². The zero-order chi connectivity index (χ0) is 21.4. The van der Waals surface area contributed by atoms with Crippen molar-refractivity contribution in [2.75, 3.05) is 18.2 Å². The lowest BCUT2D eigenvalue weighted by Gasteiger charge is -2.12. The number of aryl methyl sites for hydroxylation is 1. The molecule has 1 amide bonds. The van der Waals surface area contributed by atoms with Gasteiger partial charge in [-0.2, -0.15) is 0 Å². The number of nitrogens with one attached hydrogen (secondary N) is 1. The molecule has 0 aliphatic heterocycles. The number of hydrogen-bond donors (Lipinski definition) is 1. The van der Waals surface area contributed by atoms with E-state index in [9.17, 15) is 14.4 Å². The van der Waals surface area contributed by atoms with Gasteiger partial charge in [0.15, 0.2) is 5.65 Å². The molecule has 0 atom stereocenters. The van der Waals surface area contributed by atoms with E-state index in [1.807, 2.05) is 0 Å². The standard InChI is InChI=1S/C20H21N5O4S/c1-24-17-15(19(27)25(2)20(24)28)18(23-16(22-17)11-4-5-11)30-10-14(26)21-12-6-8-13(29-3)9-7-12/h6-9,11H,4-5,10H2,1-3H3,(H,21,26). The molecule has 3 aromatic rings. The molecule has 9 nitrogen and oxygen atoms in total. The van der Waals surface area contributed by atoms with Gasteiger partial charge in [-0.15, -0.1) is 0 Å². The van der Waals surface area contributed by atoms with E-state index in [0.29, 0.717) is 27.9 Å². The first-order chi connectivity index (χ1) is 14.4. The molecule has 1 aliphatic rings. The predicted octanol–water partition coefficient (Wildman–Crippen LogP) is 1.64. The van der Waals surface area contributed by atoms with E-state index in [1.165, 1.54) is 23.4 Å². The highest BCUT2D eigenvalue weighted by atomic mass is 32.2. The van der Waals surface area contributed by atoms with Crippen LogP contribution in [0, 0.1) is 0 Å². The molecule has 10 heteroatoms. The minimum atomic E-state index is -0.464. The number of carbonyl (C=O) groups excluding carboxylic acids is 1. The Hall–Kier alpha value is -3.14. The van der Waals surface area contributed by atoms with Crippen molar-refractivity contribution in [3.8, 4) is 5.75 Å². The van der Waals surface area contributed by atoms with E-state index in [-0.39, 0.29) is 23.0 Å². The molecule has 0 saturated heterocycles. The fourth-order valence-corrected chi connectivity index (χ4v) is 3.90. The minimum absolute atomic E-state index is 0.0637. The van der Waals surface area contributed by atoms with Gasteiger partial charge in [0, 0.05) is 25.7 Å². The molecule has 0 spiro atoms. The smallest absolute Gasteiger partial charge is 0.332 e. The van der Waals surface area contributed by atoms with Crippen LogP contribution in [0.4, 0.5) is 5.69 Å². The second kappa shape index (κ2) is 7.94. The highest BCUT2D eigenvalue weighted by molar-refractivity contribution is 8.00. The lowest BCUT2D eigenvalue weighted by Crippen LogP contribution is -2.37. The van der Waals surface area contributed by atoms with Crippen molar-refractivity contribution in [3.63, 3.8) is 0 Å². The van der Waals surface area contributed by atoms with Gasteiger partial charge in [-0.05, 0) is 37.1 Å². The van der Waals surface area contributed by atoms with E-state index >= 15 is 0 Å². The third-order valence-corrected chi connectivity index (χ3v) is 5.92. The number of ether oxygens (including phenoxy) is 1. The van der Waals surface area contributed by atoms with Crippen molar-refractivity contribution in [3.05, 3.63) is 50.9 Å². The Morgan fingerprint density at radius 2 is 1.87 bits per heavy atom. The number of fused-ring (bicyclic) bond motifs is 1. The van der Waals surface area contributed by atoms with Gasteiger partial charge in [-0.25, -0.2) is 14.8 Å². The second-order valence-electron chi connectivity index (χ2n) is 7.13. The number of aromatic nitrogens is 4. The van der Waals surface area contributed by atoms with E-state index in [0.717, 1.165) is 17.4 Å². The number of carbonyl (C=O) groups is 1. The van der Waals surface area contributed by atoms with Crippen LogP contribution in [0.3, 0.4) is 0 Å². The summed E-state index contributed by atoms with van der Waals surface area (Å²) in [7, 11) is 4.58. The Balaban J connectivity index is 1.63. The van der Waals surface area contributed by atoms with Gasteiger partial charge in [0.05, 0.1) is 12.9 Å². The largest absolute Gasteiger partial charge is 0.497 e. The van der Waals surface area contributed by atoms with Crippen molar-refractivity contribution in [2.45, 2.75) is 23.8 Å².